The molecule has 1 fully saturated rings. The third-order valence-electron chi connectivity index (χ3n) is 6.80. The molecule has 0 unspecified atom stereocenters. The fraction of sp³-hybridized carbons (Fsp3) is 0.296. The Labute approximate surface area is 240 Å². The molecule has 2 aromatic carbocycles. The first-order chi connectivity index (χ1) is 19.3. The summed E-state index contributed by atoms with van der Waals surface area (Å²) < 4.78 is 17.3. The number of hydrogen-bond donors (Lipinski definition) is 3. The van der Waals surface area contributed by atoms with Crippen molar-refractivity contribution in [2.45, 2.75) is 18.6 Å². The Bertz CT molecular complexity index is 1610. The Kier molecular flexibility index (Phi) is 8.43. The molecule has 1 aliphatic heterocycles. The van der Waals surface area contributed by atoms with E-state index in [9.17, 15) is 4.79 Å². The standard InChI is InChI=1S/C27H30FN9OS2/c1-3-36-15-19(24(38)18-13-20(28)23(14-22(18)36)37-11-9-35(2)10-12-37)25-30-27(34-32-25)40-16-21(31-33-26(29)39)17-7-5-4-6-8-17/h4-8,13-15H,3,9-12,16H2,1-2H3,(H3,29,33,39)(H,30,32,34)/b31-21-. The summed E-state index contributed by atoms with van der Waals surface area (Å²) >= 11 is 6.23. The van der Waals surface area contributed by atoms with E-state index in [1.54, 1.807) is 12.3 Å². The maximum Gasteiger partial charge on any atom is 0.209 e. The van der Waals surface area contributed by atoms with E-state index in [1.165, 1.54) is 17.8 Å². The van der Waals surface area contributed by atoms with Crippen LogP contribution in [-0.4, -0.2) is 74.5 Å². The molecule has 0 amide bonds. The number of rotatable bonds is 8. The van der Waals surface area contributed by atoms with Crippen molar-refractivity contribution in [3.8, 4) is 11.4 Å². The number of benzene rings is 2. The fourth-order valence-electron chi connectivity index (χ4n) is 4.62. The number of hydrogen-bond acceptors (Lipinski definition) is 8. The molecular weight excluding hydrogens is 549 g/mol. The van der Waals surface area contributed by atoms with E-state index in [-0.39, 0.29) is 10.5 Å². The van der Waals surface area contributed by atoms with Crippen molar-refractivity contribution in [1.82, 2.24) is 30.1 Å². The van der Waals surface area contributed by atoms with Crippen LogP contribution in [0.5, 0.6) is 0 Å². The second-order valence-electron chi connectivity index (χ2n) is 9.42. The lowest BCUT2D eigenvalue weighted by molar-refractivity contribution is 0.312. The lowest BCUT2D eigenvalue weighted by Gasteiger charge is -2.34. The highest BCUT2D eigenvalue weighted by atomic mass is 32.2. The first-order valence-corrected chi connectivity index (χ1v) is 14.3. The molecule has 40 heavy (non-hydrogen) atoms. The van der Waals surface area contributed by atoms with Gasteiger partial charge in [-0.1, -0.05) is 42.1 Å². The molecule has 0 atom stereocenters. The smallest absolute Gasteiger partial charge is 0.209 e. The van der Waals surface area contributed by atoms with Crippen LogP contribution in [0.2, 0.25) is 0 Å². The lowest BCUT2D eigenvalue weighted by atomic mass is 10.1. The second-order valence-corrected chi connectivity index (χ2v) is 10.8. The van der Waals surface area contributed by atoms with Gasteiger partial charge in [-0.15, -0.1) is 5.10 Å². The minimum atomic E-state index is -0.402. The van der Waals surface area contributed by atoms with Crippen LogP contribution in [-0.2, 0) is 6.54 Å². The summed E-state index contributed by atoms with van der Waals surface area (Å²) in [6.45, 7) is 5.77. The van der Waals surface area contributed by atoms with E-state index in [4.69, 9.17) is 18.0 Å². The van der Waals surface area contributed by atoms with Crippen molar-refractivity contribution in [1.29, 1.82) is 0 Å². The van der Waals surface area contributed by atoms with Gasteiger partial charge in [0.25, 0.3) is 0 Å². The molecule has 0 aliphatic carbocycles. The number of fused-ring (bicyclic) bond motifs is 1. The van der Waals surface area contributed by atoms with Crippen molar-refractivity contribution < 1.29 is 4.39 Å². The number of nitrogens with one attached hydrogen (secondary N) is 2. The molecule has 0 spiro atoms. The summed E-state index contributed by atoms with van der Waals surface area (Å²) in [5.74, 6) is 0.342. The molecule has 0 radical (unpaired) electrons. The van der Waals surface area contributed by atoms with Gasteiger partial charge in [0.1, 0.15) is 5.82 Å². The van der Waals surface area contributed by atoms with E-state index >= 15 is 4.39 Å². The zero-order valence-corrected chi connectivity index (χ0v) is 23.9. The van der Waals surface area contributed by atoms with Crippen molar-refractivity contribution in [3.05, 3.63) is 70.3 Å². The number of aromatic nitrogens is 4. The Morgan fingerprint density at radius 3 is 2.67 bits per heavy atom. The Morgan fingerprint density at radius 2 is 1.98 bits per heavy atom. The quantitative estimate of drug-likeness (QED) is 0.125. The van der Waals surface area contributed by atoms with Gasteiger partial charge in [0.2, 0.25) is 5.16 Å². The first-order valence-electron chi connectivity index (χ1n) is 12.9. The van der Waals surface area contributed by atoms with Gasteiger partial charge < -0.3 is 20.1 Å². The first kappa shape index (κ1) is 27.7. The van der Waals surface area contributed by atoms with E-state index in [0.717, 1.165) is 31.7 Å². The molecule has 208 valence electrons. The van der Waals surface area contributed by atoms with E-state index < -0.39 is 5.82 Å². The van der Waals surface area contributed by atoms with Gasteiger partial charge in [-0.2, -0.15) is 5.10 Å². The number of pyridine rings is 1. The van der Waals surface area contributed by atoms with Crippen LogP contribution in [0.15, 0.2) is 63.7 Å². The number of H-pyrrole nitrogens is 1. The largest absolute Gasteiger partial charge is 0.375 e. The highest BCUT2D eigenvalue weighted by Gasteiger charge is 2.21. The number of halogens is 1. The molecule has 0 saturated carbocycles. The molecule has 3 heterocycles. The summed E-state index contributed by atoms with van der Waals surface area (Å²) in [6, 6.07) is 12.7. The topological polar surface area (TPSA) is 120 Å². The monoisotopic (exact) mass is 579 g/mol. The summed E-state index contributed by atoms with van der Waals surface area (Å²) in [4.78, 5) is 22.4. The number of thioether (sulfide) groups is 1. The summed E-state index contributed by atoms with van der Waals surface area (Å²) in [7, 11) is 2.06. The van der Waals surface area contributed by atoms with Crippen LogP contribution >= 0.6 is 24.0 Å². The summed E-state index contributed by atoms with van der Waals surface area (Å²) in [5, 5.41) is 12.3. The molecule has 1 saturated heterocycles. The average Bonchev–Trinajstić information content (AvgIpc) is 3.43. The zero-order chi connectivity index (χ0) is 28.2. The SMILES string of the molecule is CCn1cc(-c2nc(SC/C(=N/NC(N)=S)c3ccccc3)n[nH]2)c(=O)c2cc(F)c(N3CCN(C)CC3)cc21. The summed E-state index contributed by atoms with van der Waals surface area (Å²) in [5.41, 5.74) is 11.0. The van der Waals surface area contributed by atoms with Crippen LogP contribution in [0.1, 0.15) is 12.5 Å². The minimum Gasteiger partial charge on any atom is -0.375 e. The number of thiocarbonyl (C=S) groups is 1. The van der Waals surface area contributed by atoms with Gasteiger partial charge in [0.05, 0.1) is 22.5 Å². The van der Waals surface area contributed by atoms with Gasteiger partial charge in [-0.25, -0.2) is 9.37 Å². The predicted octanol–water partition coefficient (Wildman–Crippen LogP) is 3.03. The zero-order valence-electron chi connectivity index (χ0n) is 22.2. The number of nitrogens with zero attached hydrogens (tertiary/aromatic N) is 6. The number of likely N-dealkylation sites (N-methyl/N-ethyl adjacent to an activating group) is 1. The molecule has 13 heteroatoms. The van der Waals surface area contributed by atoms with Crippen molar-refractivity contribution in [3.63, 3.8) is 0 Å². The average molecular weight is 580 g/mol. The van der Waals surface area contributed by atoms with Crippen molar-refractivity contribution >= 4 is 51.4 Å². The number of aryl methyl sites for hydroxylation is 1. The summed E-state index contributed by atoms with van der Waals surface area (Å²) in [6.07, 6.45) is 1.76. The molecule has 5 rings (SSSR count). The maximum atomic E-state index is 15.3. The van der Waals surface area contributed by atoms with Crippen molar-refractivity contribution in [2.75, 3.05) is 43.9 Å². The number of aromatic amines is 1. The van der Waals surface area contributed by atoms with Crippen LogP contribution in [0.3, 0.4) is 0 Å². The van der Waals surface area contributed by atoms with E-state index in [1.807, 2.05) is 46.7 Å². The second kappa shape index (κ2) is 12.1. The number of anilines is 1. The third-order valence-corrected chi connectivity index (χ3v) is 7.75. The molecule has 10 nitrogen and oxygen atoms in total. The molecule has 1 aliphatic rings. The molecule has 4 N–H and O–H groups in total. The number of hydrazone groups is 1. The minimum absolute atomic E-state index is 0.0641. The molecular formula is C27H30FN9OS2. The van der Waals surface area contributed by atoms with Crippen LogP contribution < -0.4 is 21.5 Å². The molecule has 4 aromatic rings. The predicted molar refractivity (Wildman–Crippen MR) is 163 cm³/mol. The van der Waals surface area contributed by atoms with E-state index in [0.29, 0.717) is 51.1 Å². The molecule has 0 bridgehead atoms. The van der Waals surface area contributed by atoms with Crippen molar-refractivity contribution in [2.24, 2.45) is 10.8 Å². The van der Waals surface area contributed by atoms with Gasteiger partial charge in [-0.05, 0) is 43.9 Å². The highest BCUT2D eigenvalue weighted by molar-refractivity contribution is 7.99. The number of piperazine rings is 1. The van der Waals surface area contributed by atoms with Gasteiger partial charge in [0.15, 0.2) is 16.4 Å². The lowest BCUT2D eigenvalue weighted by Crippen LogP contribution is -2.44. The highest BCUT2D eigenvalue weighted by Crippen LogP contribution is 2.28. The Hall–Kier alpha value is -3.81. The van der Waals surface area contributed by atoms with Crippen LogP contribution in [0.4, 0.5) is 10.1 Å². The molecule has 2 aromatic heterocycles. The van der Waals surface area contributed by atoms with Gasteiger partial charge in [-0.3, -0.25) is 15.3 Å². The van der Waals surface area contributed by atoms with Crippen LogP contribution in [0, 0.1) is 5.82 Å². The Balaban J connectivity index is 1.43. The fourth-order valence-corrected chi connectivity index (χ4v) is 5.43. The van der Waals surface area contributed by atoms with E-state index in [2.05, 4.69) is 37.7 Å². The van der Waals surface area contributed by atoms with Gasteiger partial charge >= 0.3 is 0 Å². The van der Waals surface area contributed by atoms with Crippen LogP contribution in [0.25, 0.3) is 22.3 Å². The number of nitrogens with two attached hydrogens (primary N) is 1. The normalized spacial score (nSPS) is 14.6. The third kappa shape index (κ3) is 6.01. The van der Waals surface area contributed by atoms with Gasteiger partial charge in [0, 0.05) is 50.1 Å². The maximum absolute atomic E-state index is 15.3. The Morgan fingerprint density at radius 1 is 1.23 bits per heavy atom.